The molecule has 1 aromatic carbocycles. The Hall–Kier alpha value is -1.45. The van der Waals surface area contributed by atoms with Crippen molar-refractivity contribution >= 4 is 10.9 Å². The van der Waals surface area contributed by atoms with Crippen molar-refractivity contribution in [3.05, 3.63) is 42.1 Å². The summed E-state index contributed by atoms with van der Waals surface area (Å²) in [6.07, 6.45) is 2.74. The third-order valence-corrected chi connectivity index (χ3v) is 5.09. The highest BCUT2D eigenvalue weighted by Crippen LogP contribution is 2.25. The smallest absolute Gasteiger partial charge is 0.0705 e. The van der Waals surface area contributed by atoms with Gasteiger partial charge in [-0.05, 0) is 38.4 Å². The van der Waals surface area contributed by atoms with Gasteiger partial charge in [0.05, 0.1) is 11.2 Å². The summed E-state index contributed by atoms with van der Waals surface area (Å²) in [6, 6.07) is 14.2. The van der Waals surface area contributed by atoms with Crippen LogP contribution in [0.4, 0.5) is 0 Å². The number of piperazine rings is 1. The number of rotatable bonds is 2. The maximum absolute atomic E-state index is 4.83. The van der Waals surface area contributed by atoms with E-state index >= 15 is 0 Å². The monoisotopic (exact) mass is 281 g/mol. The van der Waals surface area contributed by atoms with Gasteiger partial charge in [-0.1, -0.05) is 24.3 Å². The summed E-state index contributed by atoms with van der Waals surface area (Å²) in [4.78, 5) is 10.1. The minimum absolute atomic E-state index is 0.632. The Labute approximate surface area is 126 Å². The fourth-order valence-electron chi connectivity index (χ4n) is 3.87. The zero-order valence-corrected chi connectivity index (χ0v) is 12.7. The van der Waals surface area contributed by atoms with E-state index in [1.165, 1.54) is 43.6 Å². The van der Waals surface area contributed by atoms with Crippen LogP contribution in [0.5, 0.6) is 0 Å². The van der Waals surface area contributed by atoms with Crippen molar-refractivity contribution in [1.82, 2.24) is 14.8 Å². The molecule has 0 unspecified atom stereocenters. The molecular formula is C18H23N3. The Morgan fingerprint density at radius 1 is 1.14 bits per heavy atom. The Morgan fingerprint density at radius 3 is 3.00 bits per heavy atom. The van der Waals surface area contributed by atoms with Crippen LogP contribution in [-0.2, 0) is 6.54 Å². The molecule has 0 saturated carbocycles. The van der Waals surface area contributed by atoms with Crippen LogP contribution in [0.2, 0.25) is 0 Å². The zero-order chi connectivity index (χ0) is 14.2. The van der Waals surface area contributed by atoms with Crippen LogP contribution in [0.1, 0.15) is 25.5 Å². The van der Waals surface area contributed by atoms with Gasteiger partial charge in [0.1, 0.15) is 0 Å². The van der Waals surface area contributed by atoms with E-state index in [1.54, 1.807) is 0 Å². The van der Waals surface area contributed by atoms with Crippen LogP contribution >= 0.6 is 0 Å². The first-order chi connectivity index (χ1) is 10.3. The van der Waals surface area contributed by atoms with E-state index in [-0.39, 0.29) is 0 Å². The van der Waals surface area contributed by atoms with Crippen LogP contribution in [-0.4, -0.2) is 46.5 Å². The molecule has 4 rings (SSSR count). The second kappa shape index (κ2) is 5.39. The first-order valence-electron chi connectivity index (χ1n) is 8.12. The van der Waals surface area contributed by atoms with Crippen LogP contribution < -0.4 is 0 Å². The first-order valence-corrected chi connectivity index (χ1v) is 8.12. The van der Waals surface area contributed by atoms with Crippen molar-refractivity contribution in [2.75, 3.05) is 19.6 Å². The van der Waals surface area contributed by atoms with Crippen molar-refractivity contribution in [2.24, 2.45) is 0 Å². The van der Waals surface area contributed by atoms with E-state index in [0.29, 0.717) is 6.04 Å². The van der Waals surface area contributed by atoms with Gasteiger partial charge >= 0.3 is 0 Å². The van der Waals surface area contributed by atoms with Gasteiger partial charge in [-0.2, -0.15) is 0 Å². The minimum atomic E-state index is 0.632. The molecule has 0 bridgehead atoms. The number of hydrogen-bond donors (Lipinski definition) is 0. The molecule has 0 amide bonds. The molecule has 3 heterocycles. The number of hydrogen-bond acceptors (Lipinski definition) is 3. The number of aromatic nitrogens is 1. The lowest BCUT2D eigenvalue weighted by atomic mass is 10.1. The van der Waals surface area contributed by atoms with E-state index in [0.717, 1.165) is 18.1 Å². The summed E-state index contributed by atoms with van der Waals surface area (Å²) in [7, 11) is 0. The molecule has 1 aromatic heterocycles. The van der Waals surface area contributed by atoms with Gasteiger partial charge < -0.3 is 0 Å². The van der Waals surface area contributed by atoms with Crippen LogP contribution in [0.25, 0.3) is 10.9 Å². The molecule has 3 nitrogen and oxygen atoms in total. The SMILES string of the molecule is C[C@@H]1CN2CCC[C@@H]2CN1Cc1ccc2ccccc2n1. The molecular weight excluding hydrogens is 258 g/mol. The van der Waals surface area contributed by atoms with Crippen molar-refractivity contribution in [3.63, 3.8) is 0 Å². The zero-order valence-electron chi connectivity index (χ0n) is 12.7. The van der Waals surface area contributed by atoms with Gasteiger partial charge in [0, 0.05) is 37.1 Å². The number of fused-ring (bicyclic) bond motifs is 2. The summed E-state index contributed by atoms with van der Waals surface area (Å²) in [6.45, 7) is 7.07. The maximum Gasteiger partial charge on any atom is 0.0705 e. The largest absolute Gasteiger partial charge is 0.298 e. The van der Waals surface area contributed by atoms with Crippen LogP contribution in [0.3, 0.4) is 0 Å². The van der Waals surface area contributed by atoms with E-state index in [1.807, 2.05) is 0 Å². The average Bonchev–Trinajstić information content (AvgIpc) is 2.94. The standard InChI is InChI=1S/C18H23N3/c1-14-11-20-10-4-6-17(20)13-21(14)12-16-9-8-15-5-2-3-7-18(15)19-16/h2-3,5,7-9,14,17H,4,6,10-13H2,1H3/t14-,17-/m1/s1. The molecule has 0 N–H and O–H groups in total. The Morgan fingerprint density at radius 2 is 2.05 bits per heavy atom. The molecule has 3 heteroatoms. The highest BCUT2D eigenvalue weighted by atomic mass is 15.3. The van der Waals surface area contributed by atoms with E-state index < -0.39 is 0 Å². The Bertz CT molecular complexity index is 639. The molecule has 0 aliphatic carbocycles. The molecule has 110 valence electrons. The summed E-state index contributed by atoms with van der Waals surface area (Å²) in [5, 5.41) is 1.23. The van der Waals surface area contributed by atoms with Gasteiger partial charge in [0.2, 0.25) is 0 Å². The van der Waals surface area contributed by atoms with E-state index in [9.17, 15) is 0 Å². The molecule has 2 atom stereocenters. The second-order valence-electron chi connectivity index (χ2n) is 6.56. The topological polar surface area (TPSA) is 19.4 Å². The molecule has 2 fully saturated rings. The first kappa shape index (κ1) is 13.2. The molecule has 0 spiro atoms. The Balaban J connectivity index is 1.53. The maximum atomic E-state index is 4.83. The van der Waals surface area contributed by atoms with Crippen LogP contribution in [0.15, 0.2) is 36.4 Å². The summed E-state index contributed by atoms with van der Waals surface area (Å²) in [5.74, 6) is 0. The lowest BCUT2D eigenvalue weighted by Gasteiger charge is -2.42. The lowest BCUT2D eigenvalue weighted by Crippen LogP contribution is -2.54. The highest BCUT2D eigenvalue weighted by Gasteiger charge is 2.34. The van der Waals surface area contributed by atoms with E-state index in [4.69, 9.17) is 4.98 Å². The Kier molecular flexibility index (Phi) is 3.40. The molecule has 2 saturated heterocycles. The van der Waals surface area contributed by atoms with Gasteiger partial charge in [0.15, 0.2) is 0 Å². The normalized spacial score (nSPS) is 27.1. The molecule has 21 heavy (non-hydrogen) atoms. The number of nitrogens with zero attached hydrogens (tertiary/aromatic N) is 3. The fraction of sp³-hybridized carbons (Fsp3) is 0.500. The number of pyridine rings is 1. The summed E-state index contributed by atoms with van der Waals surface area (Å²) >= 11 is 0. The summed E-state index contributed by atoms with van der Waals surface area (Å²) in [5.41, 5.74) is 2.31. The van der Waals surface area contributed by atoms with Crippen molar-refractivity contribution in [2.45, 2.75) is 38.4 Å². The third kappa shape index (κ3) is 2.56. The molecule has 0 radical (unpaired) electrons. The number of para-hydroxylation sites is 1. The minimum Gasteiger partial charge on any atom is -0.298 e. The van der Waals surface area contributed by atoms with Gasteiger partial charge in [-0.3, -0.25) is 14.8 Å². The molecule has 2 aromatic rings. The highest BCUT2D eigenvalue weighted by molar-refractivity contribution is 5.78. The number of benzene rings is 1. The predicted octanol–water partition coefficient (Wildman–Crippen LogP) is 2.90. The van der Waals surface area contributed by atoms with Crippen molar-refractivity contribution < 1.29 is 0 Å². The average molecular weight is 281 g/mol. The molecule has 2 aliphatic heterocycles. The van der Waals surface area contributed by atoms with Crippen LogP contribution in [0, 0.1) is 0 Å². The van der Waals surface area contributed by atoms with E-state index in [2.05, 4.69) is 53.1 Å². The van der Waals surface area contributed by atoms with Crippen molar-refractivity contribution in [1.29, 1.82) is 0 Å². The summed E-state index contributed by atoms with van der Waals surface area (Å²) < 4.78 is 0. The predicted molar refractivity (Wildman–Crippen MR) is 86.2 cm³/mol. The fourth-order valence-corrected chi connectivity index (χ4v) is 3.87. The second-order valence-corrected chi connectivity index (χ2v) is 6.56. The lowest BCUT2D eigenvalue weighted by molar-refractivity contribution is 0.0532. The third-order valence-electron chi connectivity index (χ3n) is 5.09. The van der Waals surface area contributed by atoms with Gasteiger partial charge in [-0.15, -0.1) is 0 Å². The van der Waals surface area contributed by atoms with Gasteiger partial charge in [0.25, 0.3) is 0 Å². The molecule has 2 aliphatic rings. The quantitative estimate of drug-likeness (QED) is 0.844. The van der Waals surface area contributed by atoms with Crippen molar-refractivity contribution in [3.8, 4) is 0 Å². The van der Waals surface area contributed by atoms with Gasteiger partial charge in [-0.25, -0.2) is 0 Å².